The van der Waals surface area contributed by atoms with Gasteiger partial charge in [0, 0.05) is 12.3 Å². The van der Waals surface area contributed by atoms with Crippen molar-refractivity contribution in [3.8, 4) is 0 Å². The minimum absolute atomic E-state index is 0.263. The lowest BCUT2D eigenvalue weighted by Gasteiger charge is -2.08. The van der Waals surface area contributed by atoms with Crippen LogP contribution in [-0.2, 0) is 16.0 Å². The van der Waals surface area contributed by atoms with Crippen LogP contribution in [0.2, 0.25) is 0 Å². The van der Waals surface area contributed by atoms with Crippen molar-refractivity contribution in [2.24, 2.45) is 11.8 Å². The highest BCUT2D eigenvalue weighted by Gasteiger charge is 2.02. The molecule has 0 aliphatic rings. The number of carbonyl (C=O) groups excluding carboxylic acids is 2. The van der Waals surface area contributed by atoms with Gasteiger partial charge >= 0.3 is 0 Å². The summed E-state index contributed by atoms with van der Waals surface area (Å²) in [5, 5.41) is 0. The fraction of sp³-hybridized carbons (Fsp3) is 0.636. The van der Waals surface area contributed by atoms with Crippen LogP contribution in [0, 0.1) is 11.8 Å². The molecule has 2 nitrogen and oxygen atoms in total. The van der Waals surface area contributed by atoms with Gasteiger partial charge in [-0.2, -0.15) is 0 Å². The smallest absolute Gasteiger partial charge is 0.122 e. The van der Waals surface area contributed by atoms with Crippen LogP contribution in [0.1, 0.15) is 83.8 Å². The number of benzene rings is 1. The van der Waals surface area contributed by atoms with E-state index in [1.165, 1.54) is 30.4 Å². The molecular formula is C22H36O2. The van der Waals surface area contributed by atoms with Gasteiger partial charge in [-0.15, -0.1) is 0 Å². The Morgan fingerprint density at radius 2 is 1.58 bits per heavy atom. The molecule has 0 aromatic heterocycles. The summed E-state index contributed by atoms with van der Waals surface area (Å²) in [7, 11) is 0. The molecule has 0 heterocycles. The van der Waals surface area contributed by atoms with Crippen molar-refractivity contribution in [2.75, 3.05) is 0 Å². The minimum Gasteiger partial charge on any atom is -0.303 e. The lowest BCUT2D eigenvalue weighted by molar-refractivity contribution is -0.111. The molecule has 0 N–H and O–H groups in total. The lowest BCUT2D eigenvalue weighted by Crippen LogP contribution is -1.98. The fourth-order valence-electron chi connectivity index (χ4n) is 2.36. The molecule has 0 fully saturated rings. The highest BCUT2D eigenvalue weighted by atomic mass is 16.1. The van der Waals surface area contributed by atoms with Gasteiger partial charge in [0.05, 0.1) is 0 Å². The molecule has 0 radical (unpaired) electrons. The monoisotopic (exact) mass is 332 g/mol. The Kier molecular flexibility index (Phi) is 13.1. The van der Waals surface area contributed by atoms with Crippen LogP contribution < -0.4 is 0 Å². The average Bonchev–Trinajstić information content (AvgIpc) is 2.60. The predicted octanol–water partition coefficient (Wildman–Crippen LogP) is 5.98. The molecule has 0 aliphatic heterocycles. The molecule has 136 valence electrons. The molecule has 0 amide bonds. The molecule has 0 saturated heterocycles. The summed E-state index contributed by atoms with van der Waals surface area (Å²) < 4.78 is 0. The molecule has 1 aromatic rings. The van der Waals surface area contributed by atoms with Gasteiger partial charge in [-0.1, -0.05) is 78.1 Å². The van der Waals surface area contributed by atoms with E-state index < -0.39 is 0 Å². The van der Waals surface area contributed by atoms with E-state index in [2.05, 4.69) is 52.0 Å². The normalized spacial score (nSPS) is 12.9. The molecule has 0 aliphatic carbocycles. The standard InChI is InChI=1S/C12H16O.C10H20O/c1-10(2)12-7-5-11(6-8-12)4-3-9-13;1-4-9(2)6-5-7-10(3)8-11/h5-10H,3-4H2,1-2H3;8-10H,4-7H2,1-3H3. The first-order chi connectivity index (χ1) is 11.4. The number of hydrogen-bond acceptors (Lipinski definition) is 2. The summed E-state index contributed by atoms with van der Waals surface area (Å²) in [6.07, 6.45) is 8.31. The molecule has 0 bridgehead atoms. The van der Waals surface area contributed by atoms with Gasteiger partial charge in [-0.3, -0.25) is 0 Å². The molecule has 2 unspecified atom stereocenters. The largest absolute Gasteiger partial charge is 0.303 e. The molecular weight excluding hydrogens is 296 g/mol. The molecule has 1 aromatic carbocycles. The Bertz CT molecular complexity index is 434. The summed E-state index contributed by atoms with van der Waals surface area (Å²) in [5.74, 6) is 1.67. The first-order valence-electron chi connectivity index (χ1n) is 9.42. The summed E-state index contributed by atoms with van der Waals surface area (Å²) >= 11 is 0. The number of hydrogen-bond donors (Lipinski definition) is 0. The Labute approximate surface area is 149 Å². The van der Waals surface area contributed by atoms with Crippen LogP contribution in [0.5, 0.6) is 0 Å². The van der Waals surface area contributed by atoms with Crippen LogP contribution in [-0.4, -0.2) is 12.6 Å². The first-order valence-corrected chi connectivity index (χ1v) is 9.42. The van der Waals surface area contributed by atoms with Crippen molar-refractivity contribution in [1.29, 1.82) is 0 Å². The second-order valence-electron chi connectivity index (χ2n) is 7.16. The van der Waals surface area contributed by atoms with Crippen molar-refractivity contribution < 1.29 is 9.59 Å². The molecule has 0 spiro atoms. The van der Waals surface area contributed by atoms with Crippen LogP contribution in [0.4, 0.5) is 0 Å². The molecule has 24 heavy (non-hydrogen) atoms. The number of aldehydes is 2. The van der Waals surface area contributed by atoms with E-state index >= 15 is 0 Å². The maximum absolute atomic E-state index is 10.3. The fourth-order valence-corrected chi connectivity index (χ4v) is 2.36. The van der Waals surface area contributed by atoms with Crippen LogP contribution in [0.15, 0.2) is 24.3 Å². The van der Waals surface area contributed by atoms with E-state index in [9.17, 15) is 9.59 Å². The second kappa shape index (κ2) is 13.9. The van der Waals surface area contributed by atoms with E-state index in [1.807, 2.05) is 6.92 Å². The topological polar surface area (TPSA) is 34.1 Å². The van der Waals surface area contributed by atoms with Gasteiger partial charge < -0.3 is 9.59 Å². The zero-order chi connectivity index (χ0) is 18.4. The minimum atomic E-state index is 0.263. The third kappa shape index (κ3) is 11.2. The van der Waals surface area contributed by atoms with Crippen molar-refractivity contribution >= 4 is 12.6 Å². The summed E-state index contributed by atoms with van der Waals surface area (Å²) in [6, 6.07) is 8.51. The Hall–Kier alpha value is -1.44. The van der Waals surface area contributed by atoms with Gasteiger partial charge in [0.1, 0.15) is 12.6 Å². The Balaban J connectivity index is 0.000000449. The SMILES string of the molecule is CC(C)c1ccc(CCC=O)cc1.CCC(C)CCCC(C)C=O. The van der Waals surface area contributed by atoms with Crippen LogP contribution in [0.3, 0.4) is 0 Å². The van der Waals surface area contributed by atoms with Gasteiger partial charge in [-0.25, -0.2) is 0 Å². The van der Waals surface area contributed by atoms with Crippen LogP contribution >= 0.6 is 0 Å². The zero-order valence-electron chi connectivity index (χ0n) is 16.3. The highest BCUT2D eigenvalue weighted by molar-refractivity contribution is 5.52. The van der Waals surface area contributed by atoms with E-state index in [0.717, 1.165) is 31.3 Å². The van der Waals surface area contributed by atoms with E-state index in [0.29, 0.717) is 12.3 Å². The number of carbonyl (C=O) groups is 2. The van der Waals surface area contributed by atoms with Gasteiger partial charge in [0.2, 0.25) is 0 Å². The summed E-state index contributed by atoms with van der Waals surface area (Å²) in [5.41, 5.74) is 2.60. The summed E-state index contributed by atoms with van der Waals surface area (Å²) in [6.45, 7) is 10.8. The molecule has 2 heteroatoms. The maximum atomic E-state index is 10.3. The Morgan fingerprint density at radius 1 is 0.958 bits per heavy atom. The quantitative estimate of drug-likeness (QED) is 0.494. The van der Waals surface area contributed by atoms with E-state index in [4.69, 9.17) is 0 Å². The zero-order valence-corrected chi connectivity index (χ0v) is 16.3. The van der Waals surface area contributed by atoms with Gasteiger partial charge in [-0.05, 0) is 35.8 Å². The van der Waals surface area contributed by atoms with Crippen molar-refractivity contribution in [2.45, 2.75) is 79.1 Å². The summed E-state index contributed by atoms with van der Waals surface area (Å²) in [4.78, 5) is 20.4. The molecule has 1 rings (SSSR count). The highest BCUT2D eigenvalue weighted by Crippen LogP contribution is 2.15. The van der Waals surface area contributed by atoms with Crippen molar-refractivity contribution in [3.05, 3.63) is 35.4 Å². The number of aryl methyl sites for hydroxylation is 1. The van der Waals surface area contributed by atoms with Crippen molar-refractivity contribution in [3.63, 3.8) is 0 Å². The second-order valence-corrected chi connectivity index (χ2v) is 7.16. The maximum Gasteiger partial charge on any atom is 0.122 e. The van der Waals surface area contributed by atoms with Gasteiger partial charge in [0.15, 0.2) is 0 Å². The van der Waals surface area contributed by atoms with Gasteiger partial charge in [0.25, 0.3) is 0 Å². The first kappa shape index (κ1) is 22.6. The van der Waals surface area contributed by atoms with E-state index in [-0.39, 0.29) is 5.92 Å². The molecule has 0 saturated carbocycles. The predicted molar refractivity (Wildman–Crippen MR) is 103 cm³/mol. The van der Waals surface area contributed by atoms with Crippen molar-refractivity contribution in [1.82, 2.24) is 0 Å². The average molecular weight is 333 g/mol. The lowest BCUT2D eigenvalue weighted by atomic mass is 9.98. The third-order valence-electron chi connectivity index (χ3n) is 4.48. The van der Waals surface area contributed by atoms with E-state index in [1.54, 1.807) is 0 Å². The number of rotatable bonds is 10. The molecule has 2 atom stereocenters. The Morgan fingerprint density at radius 3 is 2.04 bits per heavy atom. The third-order valence-corrected chi connectivity index (χ3v) is 4.48. The van der Waals surface area contributed by atoms with Crippen LogP contribution in [0.25, 0.3) is 0 Å².